The zero-order valence-electron chi connectivity index (χ0n) is 15.6. The monoisotopic (exact) mass is 396 g/mol. The highest BCUT2D eigenvalue weighted by Gasteiger charge is 2.17. The number of rotatable bonds is 8. The highest BCUT2D eigenvalue weighted by molar-refractivity contribution is 7.99. The standard InChI is InChI=1S/C21H20N2O4S/c1-26-17-7-5-14(6-8-17)19(24)13-27-20(25)9-10-28-21-16(12-22)11-15-3-2-4-18(15)23-21/h5-8,11H,2-4,9-10,13H2,1H3. The Labute approximate surface area is 167 Å². The molecule has 0 aliphatic heterocycles. The normalized spacial score (nSPS) is 12.1. The first-order valence-electron chi connectivity index (χ1n) is 8.99. The number of thioether (sulfide) groups is 1. The van der Waals surface area contributed by atoms with Crippen LogP contribution in [-0.4, -0.2) is 36.2 Å². The molecule has 28 heavy (non-hydrogen) atoms. The molecule has 3 rings (SSSR count). The van der Waals surface area contributed by atoms with E-state index in [1.165, 1.54) is 11.8 Å². The van der Waals surface area contributed by atoms with Crippen LogP contribution >= 0.6 is 11.8 Å². The smallest absolute Gasteiger partial charge is 0.307 e. The Morgan fingerprint density at radius 2 is 2.04 bits per heavy atom. The quantitative estimate of drug-likeness (QED) is 0.384. The molecule has 0 amide bonds. The van der Waals surface area contributed by atoms with E-state index in [1.54, 1.807) is 31.4 Å². The summed E-state index contributed by atoms with van der Waals surface area (Å²) in [6.45, 7) is -0.295. The average Bonchev–Trinajstić information content (AvgIpc) is 3.18. The van der Waals surface area contributed by atoms with Gasteiger partial charge in [0.05, 0.1) is 19.1 Å². The van der Waals surface area contributed by atoms with Crippen LogP contribution in [0.15, 0.2) is 35.4 Å². The van der Waals surface area contributed by atoms with Crippen LogP contribution in [0.3, 0.4) is 0 Å². The van der Waals surface area contributed by atoms with Gasteiger partial charge in [-0.2, -0.15) is 5.26 Å². The van der Waals surface area contributed by atoms with Gasteiger partial charge in [-0.25, -0.2) is 4.98 Å². The Bertz CT molecular complexity index is 919. The minimum absolute atomic E-state index is 0.143. The van der Waals surface area contributed by atoms with Crippen molar-refractivity contribution in [3.05, 3.63) is 52.7 Å². The number of ketones is 1. The number of aryl methyl sites for hydroxylation is 2. The van der Waals surface area contributed by atoms with Gasteiger partial charge in [0, 0.05) is 17.0 Å². The fraction of sp³-hybridized carbons (Fsp3) is 0.333. The van der Waals surface area contributed by atoms with Gasteiger partial charge in [-0.15, -0.1) is 11.8 Å². The van der Waals surface area contributed by atoms with Crippen molar-refractivity contribution in [1.29, 1.82) is 5.26 Å². The van der Waals surface area contributed by atoms with Gasteiger partial charge in [-0.3, -0.25) is 9.59 Å². The van der Waals surface area contributed by atoms with E-state index in [2.05, 4.69) is 11.1 Å². The van der Waals surface area contributed by atoms with Crippen molar-refractivity contribution in [2.75, 3.05) is 19.5 Å². The maximum Gasteiger partial charge on any atom is 0.307 e. The van der Waals surface area contributed by atoms with Gasteiger partial charge in [0.15, 0.2) is 12.4 Å². The van der Waals surface area contributed by atoms with Crippen molar-refractivity contribution in [2.24, 2.45) is 0 Å². The van der Waals surface area contributed by atoms with E-state index in [0.717, 1.165) is 30.5 Å². The SMILES string of the molecule is COc1ccc(C(=O)COC(=O)CCSc2nc3c(cc2C#N)CCC3)cc1. The summed E-state index contributed by atoms with van der Waals surface area (Å²) >= 11 is 1.37. The summed E-state index contributed by atoms with van der Waals surface area (Å²) in [5.41, 5.74) is 3.21. The lowest BCUT2D eigenvalue weighted by atomic mass is 10.1. The third-order valence-corrected chi connectivity index (χ3v) is 5.45. The zero-order chi connectivity index (χ0) is 19.9. The molecule has 1 aliphatic rings. The van der Waals surface area contributed by atoms with Crippen molar-refractivity contribution in [3.8, 4) is 11.8 Å². The van der Waals surface area contributed by atoms with Crippen LogP contribution in [0.25, 0.3) is 0 Å². The number of Topliss-reactive ketones (excluding diaryl/α,β-unsaturated/α-hetero) is 1. The third-order valence-electron chi connectivity index (χ3n) is 4.46. The molecule has 7 heteroatoms. The third kappa shape index (κ3) is 4.90. The maximum absolute atomic E-state index is 12.1. The Hall–Kier alpha value is -2.85. The van der Waals surface area contributed by atoms with Crippen molar-refractivity contribution in [2.45, 2.75) is 30.7 Å². The van der Waals surface area contributed by atoms with Gasteiger partial charge in [0.25, 0.3) is 0 Å². The molecule has 0 spiro atoms. The number of hydrogen-bond donors (Lipinski definition) is 0. The Kier molecular flexibility index (Phi) is 6.66. The number of benzene rings is 1. The summed E-state index contributed by atoms with van der Waals surface area (Å²) in [7, 11) is 1.55. The number of aromatic nitrogens is 1. The van der Waals surface area contributed by atoms with E-state index in [9.17, 15) is 14.9 Å². The van der Waals surface area contributed by atoms with Gasteiger partial charge in [-0.1, -0.05) is 0 Å². The second kappa shape index (κ2) is 9.38. The largest absolute Gasteiger partial charge is 0.497 e. The topological polar surface area (TPSA) is 89.3 Å². The number of nitriles is 1. The number of ether oxygens (including phenoxy) is 2. The van der Waals surface area contributed by atoms with Crippen LogP contribution in [0, 0.1) is 11.3 Å². The van der Waals surface area contributed by atoms with E-state index >= 15 is 0 Å². The van der Waals surface area contributed by atoms with Gasteiger partial charge < -0.3 is 9.47 Å². The molecule has 0 fully saturated rings. The molecule has 0 atom stereocenters. The number of esters is 1. The Balaban J connectivity index is 1.46. The fourth-order valence-electron chi connectivity index (χ4n) is 2.95. The van der Waals surface area contributed by atoms with Crippen LogP contribution in [0.1, 0.15) is 40.0 Å². The van der Waals surface area contributed by atoms with Crippen LogP contribution in [-0.2, 0) is 22.4 Å². The highest BCUT2D eigenvalue weighted by Crippen LogP contribution is 2.28. The van der Waals surface area contributed by atoms with Gasteiger partial charge >= 0.3 is 5.97 Å². The second-order valence-electron chi connectivity index (χ2n) is 6.32. The molecule has 1 aromatic carbocycles. The Morgan fingerprint density at radius 1 is 1.25 bits per heavy atom. The highest BCUT2D eigenvalue weighted by atomic mass is 32.2. The first kappa shape index (κ1) is 19.9. The van der Waals surface area contributed by atoms with Crippen molar-refractivity contribution in [1.82, 2.24) is 4.98 Å². The van der Waals surface area contributed by atoms with E-state index in [4.69, 9.17) is 9.47 Å². The number of hydrogen-bond acceptors (Lipinski definition) is 7. The fourth-order valence-corrected chi connectivity index (χ4v) is 3.85. The predicted octanol–water partition coefficient (Wildman–Crippen LogP) is 3.36. The minimum atomic E-state index is -0.450. The summed E-state index contributed by atoms with van der Waals surface area (Å²) in [6.07, 6.45) is 3.11. The van der Waals surface area contributed by atoms with Gasteiger partial charge in [0.2, 0.25) is 0 Å². The lowest BCUT2D eigenvalue weighted by molar-refractivity contribution is -0.141. The first-order chi connectivity index (χ1) is 13.6. The number of fused-ring (bicyclic) bond motifs is 1. The van der Waals surface area contributed by atoms with Gasteiger partial charge in [0.1, 0.15) is 16.8 Å². The van der Waals surface area contributed by atoms with Crippen LogP contribution in [0.5, 0.6) is 5.75 Å². The molecule has 1 aromatic heterocycles. The molecule has 0 unspecified atom stereocenters. The predicted molar refractivity (Wildman–Crippen MR) is 105 cm³/mol. The number of methoxy groups -OCH3 is 1. The van der Waals surface area contributed by atoms with Crippen molar-refractivity contribution < 1.29 is 19.1 Å². The molecular weight excluding hydrogens is 376 g/mol. The molecule has 6 nitrogen and oxygen atoms in total. The second-order valence-corrected chi connectivity index (χ2v) is 7.41. The van der Waals surface area contributed by atoms with Crippen LogP contribution in [0.4, 0.5) is 0 Å². The molecule has 1 heterocycles. The summed E-state index contributed by atoms with van der Waals surface area (Å²) in [5, 5.41) is 9.96. The van der Waals surface area contributed by atoms with E-state index in [0.29, 0.717) is 27.7 Å². The summed E-state index contributed by atoms with van der Waals surface area (Å²) < 4.78 is 10.1. The lowest BCUT2D eigenvalue weighted by Crippen LogP contribution is -2.14. The summed E-state index contributed by atoms with van der Waals surface area (Å²) in [5.74, 6) is 0.378. The number of nitrogens with zero attached hydrogens (tertiary/aromatic N) is 2. The Morgan fingerprint density at radius 3 is 2.75 bits per heavy atom. The number of carbonyl (C=O) groups excluding carboxylic acids is 2. The van der Waals surface area contributed by atoms with E-state index in [-0.39, 0.29) is 18.8 Å². The molecule has 0 saturated carbocycles. The van der Waals surface area contributed by atoms with Crippen molar-refractivity contribution >= 4 is 23.5 Å². The average molecular weight is 396 g/mol. The molecule has 144 valence electrons. The summed E-state index contributed by atoms with van der Waals surface area (Å²) in [4.78, 5) is 28.6. The number of pyridine rings is 1. The minimum Gasteiger partial charge on any atom is -0.497 e. The van der Waals surface area contributed by atoms with E-state index in [1.807, 2.05) is 6.07 Å². The maximum atomic E-state index is 12.1. The molecule has 2 aromatic rings. The van der Waals surface area contributed by atoms with E-state index < -0.39 is 5.97 Å². The van der Waals surface area contributed by atoms with Crippen molar-refractivity contribution in [3.63, 3.8) is 0 Å². The van der Waals surface area contributed by atoms with Crippen LogP contribution in [0.2, 0.25) is 0 Å². The molecule has 0 N–H and O–H groups in total. The molecule has 1 aliphatic carbocycles. The van der Waals surface area contributed by atoms with Gasteiger partial charge in [-0.05, 0) is 55.2 Å². The molecule has 0 radical (unpaired) electrons. The molecule has 0 bridgehead atoms. The first-order valence-corrected chi connectivity index (χ1v) is 9.98. The molecular formula is C21H20N2O4S. The zero-order valence-corrected chi connectivity index (χ0v) is 16.4. The number of carbonyl (C=O) groups is 2. The lowest BCUT2D eigenvalue weighted by Gasteiger charge is -2.07. The van der Waals surface area contributed by atoms with Crippen LogP contribution < -0.4 is 4.74 Å². The summed E-state index contributed by atoms with van der Waals surface area (Å²) in [6, 6.07) is 10.7. The molecule has 0 saturated heterocycles.